The average Bonchev–Trinajstić information content (AvgIpc) is 3.21. The minimum Gasteiger partial charge on any atom is -0.362 e. The van der Waals surface area contributed by atoms with Gasteiger partial charge in [0.15, 0.2) is 0 Å². The largest absolute Gasteiger partial charge is 0.362 e. The van der Waals surface area contributed by atoms with Gasteiger partial charge in [-0.2, -0.15) is 5.26 Å². The second-order valence-corrected chi connectivity index (χ2v) is 8.30. The molecular formula is C26H22BrN3O. The Kier molecular flexibility index (Phi) is 6.31. The van der Waals surface area contributed by atoms with Gasteiger partial charge in [0.1, 0.15) is 6.10 Å². The van der Waals surface area contributed by atoms with Gasteiger partial charge in [-0.3, -0.25) is 0 Å². The van der Waals surface area contributed by atoms with Crippen molar-refractivity contribution in [2.75, 3.05) is 0 Å². The van der Waals surface area contributed by atoms with Crippen molar-refractivity contribution in [3.63, 3.8) is 0 Å². The number of ether oxygens (including phenoxy) is 1. The van der Waals surface area contributed by atoms with Gasteiger partial charge in [-0.25, -0.2) is 4.98 Å². The molecule has 0 spiro atoms. The van der Waals surface area contributed by atoms with E-state index in [0.29, 0.717) is 12.2 Å². The zero-order chi connectivity index (χ0) is 21.8. The van der Waals surface area contributed by atoms with Crippen LogP contribution < -0.4 is 0 Å². The third kappa shape index (κ3) is 4.46. The molecule has 0 bridgehead atoms. The predicted octanol–water partition coefficient (Wildman–Crippen LogP) is 6.34. The predicted molar refractivity (Wildman–Crippen MR) is 125 cm³/mol. The van der Waals surface area contributed by atoms with E-state index in [-0.39, 0.29) is 6.10 Å². The molecule has 1 heterocycles. The van der Waals surface area contributed by atoms with Gasteiger partial charge in [-0.15, -0.1) is 0 Å². The van der Waals surface area contributed by atoms with E-state index >= 15 is 0 Å². The fraction of sp³-hybridized carbons (Fsp3) is 0.154. The molecule has 4 aromatic rings. The first kappa shape index (κ1) is 21.0. The van der Waals surface area contributed by atoms with Gasteiger partial charge in [0.2, 0.25) is 0 Å². The molecule has 0 aliphatic carbocycles. The highest BCUT2D eigenvalue weighted by Crippen LogP contribution is 2.34. The quantitative estimate of drug-likeness (QED) is 0.329. The maximum absolute atomic E-state index is 9.71. The SMILES string of the molecule is Cc1ccccc1-c1cc(C(OCc2ccccc2Br)c2cncn2C)ccc1C#N. The Bertz CT molecular complexity index is 1260. The van der Waals surface area contributed by atoms with Gasteiger partial charge in [0, 0.05) is 17.1 Å². The number of rotatable bonds is 6. The van der Waals surface area contributed by atoms with Crippen LogP contribution in [0.15, 0.2) is 83.7 Å². The molecule has 0 amide bonds. The number of halogens is 1. The van der Waals surface area contributed by atoms with Crippen LogP contribution in [-0.4, -0.2) is 9.55 Å². The Morgan fingerprint density at radius 1 is 1.06 bits per heavy atom. The average molecular weight is 472 g/mol. The molecule has 1 atom stereocenters. The fourth-order valence-electron chi connectivity index (χ4n) is 3.68. The molecule has 0 aliphatic heterocycles. The van der Waals surface area contributed by atoms with Crippen molar-refractivity contribution in [2.24, 2.45) is 7.05 Å². The number of hydrogen-bond acceptors (Lipinski definition) is 3. The molecule has 1 aromatic heterocycles. The summed E-state index contributed by atoms with van der Waals surface area (Å²) in [6.07, 6.45) is 3.28. The molecule has 1 unspecified atom stereocenters. The van der Waals surface area contributed by atoms with E-state index < -0.39 is 0 Å². The second-order valence-electron chi connectivity index (χ2n) is 7.44. The van der Waals surface area contributed by atoms with Crippen LogP contribution in [0.5, 0.6) is 0 Å². The maximum atomic E-state index is 9.71. The maximum Gasteiger partial charge on any atom is 0.124 e. The van der Waals surface area contributed by atoms with Crippen LogP contribution in [0.4, 0.5) is 0 Å². The molecule has 154 valence electrons. The molecule has 0 radical (unpaired) electrons. The van der Waals surface area contributed by atoms with E-state index in [0.717, 1.165) is 38.0 Å². The van der Waals surface area contributed by atoms with Crippen LogP contribution in [0.25, 0.3) is 11.1 Å². The lowest BCUT2D eigenvalue weighted by Gasteiger charge is -2.21. The van der Waals surface area contributed by atoms with Crippen molar-refractivity contribution in [2.45, 2.75) is 19.6 Å². The highest BCUT2D eigenvalue weighted by molar-refractivity contribution is 9.10. The molecule has 0 aliphatic rings. The number of nitrogens with zero attached hydrogens (tertiary/aromatic N) is 3. The Balaban J connectivity index is 1.78. The zero-order valence-electron chi connectivity index (χ0n) is 17.4. The normalized spacial score (nSPS) is 11.8. The Hall–Kier alpha value is -3.20. The van der Waals surface area contributed by atoms with Crippen LogP contribution in [0.3, 0.4) is 0 Å². The monoisotopic (exact) mass is 471 g/mol. The van der Waals surface area contributed by atoms with Crippen molar-refractivity contribution in [1.82, 2.24) is 9.55 Å². The zero-order valence-corrected chi connectivity index (χ0v) is 19.0. The van der Waals surface area contributed by atoms with Crippen LogP contribution in [0.1, 0.15) is 34.1 Å². The van der Waals surface area contributed by atoms with Crippen molar-refractivity contribution in [1.29, 1.82) is 5.26 Å². The number of benzene rings is 3. The summed E-state index contributed by atoms with van der Waals surface area (Å²) in [7, 11) is 1.96. The summed E-state index contributed by atoms with van der Waals surface area (Å²) in [5, 5.41) is 9.71. The van der Waals surface area contributed by atoms with Gasteiger partial charge in [-0.05, 0) is 47.4 Å². The molecule has 5 heteroatoms. The van der Waals surface area contributed by atoms with Crippen LogP contribution >= 0.6 is 15.9 Å². The van der Waals surface area contributed by atoms with E-state index in [9.17, 15) is 5.26 Å². The van der Waals surface area contributed by atoms with Crippen molar-refractivity contribution >= 4 is 15.9 Å². The number of aryl methyl sites for hydroxylation is 2. The third-order valence-corrected chi connectivity index (χ3v) is 6.16. The van der Waals surface area contributed by atoms with E-state index in [1.54, 1.807) is 6.33 Å². The van der Waals surface area contributed by atoms with E-state index in [1.807, 2.05) is 66.3 Å². The highest BCUT2D eigenvalue weighted by atomic mass is 79.9. The number of nitriles is 1. The van der Waals surface area contributed by atoms with Crippen LogP contribution in [-0.2, 0) is 18.4 Å². The lowest BCUT2D eigenvalue weighted by Crippen LogP contribution is -2.11. The van der Waals surface area contributed by atoms with Gasteiger partial charge in [0.05, 0.1) is 36.5 Å². The Morgan fingerprint density at radius 2 is 1.84 bits per heavy atom. The standard InChI is InChI=1S/C26H22BrN3O/c1-18-7-3-5-9-22(18)23-13-19(11-12-20(23)14-28)26(25-15-29-17-30(25)2)31-16-21-8-4-6-10-24(21)27/h3-13,15,17,26H,16H2,1-2H3. The molecular weight excluding hydrogens is 450 g/mol. The van der Waals surface area contributed by atoms with Crippen molar-refractivity contribution in [3.8, 4) is 17.2 Å². The summed E-state index contributed by atoms with van der Waals surface area (Å²) in [5.74, 6) is 0. The minimum atomic E-state index is -0.324. The summed E-state index contributed by atoms with van der Waals surface area (Å²) in [6, 6.07) is 24.4. The lowest BCUT2D eigenvalue weighted by molar-refractivity contribution is 0.0619. The fourth-order valence-corrected chi connectivity index (χ4v) is 4.08. The molecule has 0 N–H and O–H groups in total. The first-order valence-corrected chi connectivity index (χ1v) is 10.8. The van der Waals surface area contributed by atoms with E-state index in [2.05, 4.69) is 52.1 Å². The molecule has 31 heavy (non-hydrogen) atoms. The first-order valence-electron chi connectivity index (χ1n) is 9.99. The number of hydrogen-bond donors (Lipinski definition) is 0. The third-order valence-electron chi connectivity index (χ3n) is 5.39. The smallest absolute Gasteiger partial charge is 0.124 e. The summed E-state index contributed by atoms with van der Waals surface area (Å²) in [6.45, 7) is 2.50. The number of aromatic nitrogens is 2. The first-order chi connectivity index (χ1) is 15.1. The van der Waals surface area contributed by atoms with Crippen LogP contribution in [0, 0.1) is 18.3 Å². The van der Waals surface area contributed by atoms with Gasteiger partial charge >= 0.3 is 0 Å². The molecule has 0 saturated carbocycles. The summed E-state index contributed by atoms with van der Waals surface area (Å²) < 4.78 is 9.42. The number of imidazole rings is 1. The molecule has 3 aromatic carbocycles. The van der Waals surface area contributed by atoms with Crippen molar-refractivity contribution < 1.29 is 4.74 Å². The van der Waals surface area contributed by atoms with Crippen molar-refractivity contribution in [3.05, 3.63) is 112 Å². The van der Waals surface area contributed by atoms with Gasteiger partial charge in [-0.1, -0.05) is 64.5 Å². The summed E-state index contributed by atoms with van der Waals surface area (Å²) in [5.41, 5.74) is 6.74. The molecule has 4 nitrogen and oxygen atoms in total. The summed E-state index contributed by atoms with van der Waals surface area (Å²) in [4.78, 5) is 4.29. The molecule has 0 fully saturated rings. The second kappa shape index (κ2) is 9.30. The van der Waals surface area contributed by atoms with Gasteiger partial charge in [0.25, 0.3) is 0 Å². The van der Waals surface area contributed by atoms with E-state index in [4.69, 9.17) is 4.74 Å². The van der Waals surface area contributed by atoms with Gasteiger partial charge < -0.3 is 9.30 Å². The lowest BCUT2D eigenvalue weighted by atomic mass is 9.93. The van der Waals surface area contributed by atoms with E-state index in [1.165, 1.54) is 0 Å². The van der Waals surface area contributed by atoms with Crippen LogP contribution in [0.2, 0.25) is 0 Å². The molecule has 4 rings (SSSR count). The summed E-state index contributed by atoms with van der Waals surface area (Å²) >= 11 is 3.60. The highest BCUT2D eigenvalue weighted by Gasteiger charge is 2.21. The Morgan fingerprint density at radius 3 is 2.55 bits per heavy atom. The Labute approximate surface area is 190 Å². The minimum absolute atomic E-state index is 0.324. The molecule has 0 saturated heterocycles. The topological polar surface area (TPSA) is 50.8 Å².